The van der Waals surface area contributed by atoms with Gasteiger partial charge in [0.15, 0.2) is 0 Å². The first kappa shape index (κ1) is 11.7. The Morgan fingerprint density at radius 3 is 2.73 bits per heavy atom. The Morgan fingerprint density at radius 1 is 1.47 bits per heavy atom. The number of hydrogen-bond donors (Lipinski definition) is 1. The number of nitrogens with one attached hydrogen (secondary N) is 1. The molecule has 1 aromatic carbocycles. The fourth-order valence-corrected chi connectivity index (χ4v) is 1.49. The van der Waals surface area contributed by atoms with Crippen LogP contribution >= 0.6 is 0 Å². The summed E-state index contributed by atoms with van der Waals surface area (Å²) in [4.78, 5) is 11.3. The Morgan fingerprint density at radius 2 is 2.20 bits per heavy atom. The fourth-order valence-electron chi connectivity index (χ4n) is 1.49. The second kappa shape index (κ2) is 5.51. The van der Waals surface area contributed by atoms with Crippen LogP contribution in [0.2, 0.25) is 0 Å². The van der Waals surface area contributed by atoms with E-state index in [-0.39, 0.29) is 5.97 Å². The summed E-state index contributed by atoms with van der Waals surface area (Å²) in [5.74, 6) is -0.271. The Balaban J connectivity index is 2.83. The van der Waals surface area contributed by atoms with Crippen LogP contribution in [0.1, 0.15) is 21.5 Å². The van der Waals surface area contributed by atoms with Crippen molar-refractivity contribution in [1.29, 1.82) is 0 Å². The van der Waals surface area contributed by atoms with Crippen molar-refractivity contribution in [2.75, 3.05) is 20.7 Å². The highest BCUT2D eigenvalue weighted by atomic mass is 16.5. The number of methoxy groups -OCH3 is 1. The summed E-state index contributed by atoms with van der Waals surface area (Å²) < 4.78 is 4.69. The van der Waals surface area contributed by atoms with Crippen molar-refractivity contribution in [3.05, 3.63) is 34.9 Å². The molecule has 82 valence electrons. The van der Waals surface area contributed by atoms with Crippen molar-refractivity contribution in [3.8, 4) is 0 Å². The Hall–Kier alpha value is -1.35. The number of carbonyl (C=O) groups is 1. The molecule has 1 aromatic rings. The maximum absolute atomic E-state index is 11.3. The molecule has 0 fully saturated rings. The molecule has 0 aliphatic heterocycles. The van der Waals surface area contributed by atoms with Gasteiger partial charge < -0.3 is 10.1 Å². The quantitative estimate of drug-likeness (QED) is 0.761. The van der Waals surface area contributed by atoms with Crippen LogP contribution in [0.15, 0.2) is 18.2 Å². The third-order valence-electron chi connectivity index (χ3n) is 2.36. The minimum atomic E-state index is -0.271. The van der Waals surface area contributed by atoms with Crippen LogP contribution in [0.25, 0.3) is 0 Å². The summed E-state index contributed by atoms with van der Waals surface area (Å²) in [5.41, 5.74) is 2.84. The molecule has 0 radical (unpaired) electrons. The average molecular weight is 207 g/mol. The van der Waals surface area contributed by atoms with E-state index in [9.17, 15) is 4.79 Å². The second-order valence-electron chi connectivity index (χ2n) is 3.49. The summed E-state index contributed by atoms with van der Waals surface area (Å²) in [6.45, 7) is 2.87. The summed E-state index contributed by atoms with van der Waals surface area (Å²) in [6.07, 6.45) is 0.971. The molecule has 0 saturated heterocycles. The maximum Gasteiger partial charge on any atom is 0.338 e. The van der Waals surface area contributed by atoms with Crippen molar-refractivity contribution >= 4 is 5.97 Å². The molecule has 0 unspecified atom stereocenters. The first-order valence-electron chi connectivity index (χ1n) is 5.01. The largest absolute Gasteiger partial charge is 0.465 e. The predicted molar refractivity (Wildman–Crippen MR) is 60.1 cm³/mol. The molecule has 0 aliphatic carbocycles. The van der Waals surface area contributed by atoms with Crippen LogP contribution in [0, 0.1) is 6.92 Å². The summed E-state index contributed by atoms with van der Waals surface area (Å²) >= 11 is 0. The molecule has 3 nitrogen and oxygen atoms in total. The Labute approximate surface area is 90.4 Å². The van der Waals surface area contributed by atoms with Gasteiger partial charge in [-0.25, -0.2) is 4.79 Å². The molecule has 0 bridgehead atoms. The van der Waals surface area contributed by atoms with E-state index >= 15 is 0 Å². The number of likely N-dealkylation sites (N-methyl/N-ethyl adjacent to an activating group) is 1. The standard InChI is InChI=1S/C12H17NO2/c1-9-8-10(6-7-13-2)4-5-11(9)12(14)15-3/h4-5,8,13H,6-7H2,1-3H3. The zero-order valence-corrected chi connectivity index (χ0v) is 9.46. The van der Waals surface area contributed by atoms with Crippen molar-refractivity contribution in [2.24, 2.45) is 0 Å². The van der Waals surface area contributed by atoms with E-state index < -0.39 is 0 Å². The van der Waals surface area contributed by atoms with Crippen molar-refractivity contribution < 1.29 is 9.53 Å². The minimum absolute atomic E-state index is 0.271. The highest BCUT2D eigenvalue weighted by molar-refractivity contribution is 5.90. The van der Waals surface area contributed by atoms with Gasteiger partial charge in [-0.2, -0.15) is 0 Å². The summed E-state index contributed by atoms with van der Waals surface area (Å²) in [6, 6.07) is 5.83. The lowest BCUT2D eigenvalue weighted by Gasteiger charge is -2.06. The van der Waals surface area contributed by atoms with Crippen molar-refractivity contribution in [1.82, 2.24) is 5.32 Å². The van der Waals surface area contributed by atoms with Gasteiger partial charge in [0.05, 0.1) is 12.7 Å². The van der Waals surface area contributed by atoms with Crippen LogP contribution < -0.4 is 5.32 Å². The van der Waals surface area contributed by atoms with Gasteiger partial charge in [-0.05, 0) is 44.1 Å². The molecule has 0 atom stereocenters. The SMILES string of the molecule is CNCCc1ccc(C(=O)OC)c(C)c1. The first-order valence-corrected chi connectivity index (χ1v) is 5.01. The normalized spacial score (nSPS) is 10.1. The Bertz CT molecular complexity index is 347. The number of rotatable bonds is 4. The first-order chi connectivity index (χ1) is 7.19. The number of ether oxygens (including phenoxy) is 1. The molecule has 0 aliphatic rings. The van der Waals surface area contributed by atoms with Crippen molar-refractivity contribution in [2.45, 2.75) is 13.3 Å². The zero-order valence-electron chi connectivity index (χ0n) is 9.46. The minimum Gasteiger partial charge on any atom is -0.465 e. The van der Waals surface area contributed by atoms with E-state index in [0.29, 0.717) is 5.56 Å². The number of esters is 1. The van der Waals surface area contributed by atoms with Gasteiger partial charge in [0.2, 0.25) is 0 Å². The number of benzene rings is 1. The molecule has 1 rings (SSSR count). The molecule has 0 saturated carbocycles. The molecule has 1 N–H and O–H groups in total. The summed E-state index contributed by atoms with van der Waals surface area (Å²) in [5, 5.41) is 3.09. The smallest absolute Gasteiger partial charge is 0.338 e. The fraction of sp³-hybridized carbons (Fsp3) is 0.417. The summed E-state index contributed by atoms with van der Waals surface area (Å²) in [7, 11) is 3.33. The van der Waals surface area contributed by atoms with E-state index in [1.54, 1.807) is 0 Å². The van der Waals surface area contributed by atoms with Crippen LogP contribution in [-0.4, -0.2) is 26.7 Å². The van der Waals surface area contributed by atoms with E-state index in [2.05, 4.69) is 10.1 Å². The Kier molecular flexibility index (Phi) is 4.31. The van der Waals surface area contributed by atoms with Crippen LogP contribution in [0.4, 0.5) is 0 Å². The third kappa shape index (κ3) is 3.06. The molecular formula is C12H17NO2. The highest BCUT2D eigenvalue weighted by Crippen LogP contribution is 2.12. The second-order valence-corrected chi connectivity index (χ2v) is 3.49. The number of aryl methyl sites for hydroxylation is 1. The lowest BCUT2D eigenvalue weighted by atomic mass is 10.0. The van der Waals surface area contributed by atoms with Gasteiger partial charge in [0.1, 0.15) is 0 Å². The van der Waals surface area contributed by atoms with Gasteiger partial charge >= 0.3 is 5.97 Å². The molecule has 0 amide bonds. The zero-order chi connectivity index (χ0) is 11.3. The molecule has 15 heavy (non-hydrogen) atoms. The van der Waals surface area contributed by atoms with Gasteiger partial charge in [-0.3, -0.25) is 0 Å². The van der Waals surface area contributed by atoms with E-state index in [1.807, 2.05) is 32.2 Å². The molecule has 3 heteroatoms. The topological polar surface area (TPSA) is 38.3 Å². The molecule has 0 heterocycles. The van der Waals surface area contributed by atoms with E-state index in [4.69, 9.17) is 0 Å². The maximum atomic E-state index is 11.3. The van der Waals surface area contributed by atoms with E-state index in [1.165, 1.54) is 12.7 Å². The van der Waals surface area contributed by atoms with Crippen molar-refractivity contribution in [3.63, 3.8) is 0 Å². The third-order valence-corrected chi connectivity index (χ3v) is 2.36. The molecule has 0 aromatic heterocycles. The van der Waals surface area contributed by atoms with Crippen LogP contribution in [0.3, 0.4) is 0 Å². The van der Waals surface area contributed by atoms with Crippen LogP contribution in [-0.2, 0) is 11.2 Å². The molecule has 0 spiro atoms. The molecular weight excluding hydrogens is 190 g/mol. The van der Waals surface area contributed by atoms with Gasteiger partial charge in [0, 0.05) is 0 Å². The van der Waals surface area contributed by atoms with Gasteiger partial charge in [0.25, 0.3) is 0 Å². The van der Waals surface area contributed by atoms with Gasteiger partial charge in [-0.15, -0.1) is 0 Å². The monoisotopic (exact) mass is 207 g/mol. The average Bonchev–Trinajstić information content (AvgIpc) is 2.25. The predicted octanol–water partition coefficient (Wildman–Crippen LogP) is 1.54. The van der Waals surface area contributed by atoms with E-state index in [0.717, 1.165) is 18.5 Å². The number of carbonyl (C=O) groups excluding carboxylic acids is 1. The number of hydrogen-bond acceptors (Lipinski definition) is 3. The lowest BCUT2D eigenvalue weighted by Crippen LogP contribution is -2.11. The lowest BCUT2D eigenvalue weighted by molar-refractivity contribution is 0.0600. The van der Waals surface area contributed by atoms with Gasteiger partial charge in [-0.1, -0.05) is 12.1 Å². The van der Waals surface area contributed by atoms with Crippen LogP contribution in [0.5, 0.6) is 0 Å². The highest BCUT2D eigenvalue weighted by Gasteiger charge is 2.08.